The fourth-order valence-electron chi connectivity index (χ4n) is 3.67. The van der Waals surface area contributed by atoms with Gasteiger partial charge in [-0.05, 0) is 30.7 Å². The third-order valence-electron chi connectivity index (χ3n) is 4.73. The SMILES string of the molecule is CC.Cn1cc2c(n1)C1(C)CC(C#N)C(=O)CC1CC2. The number of aromatic nitrogens is 2. The predicted molar refractivity (Wildman–Crippen MR) is 77.1 cm³/mol. The first-order valence-electron chi connectivity index (χ1n) is 7.50. The van der Waals surface area contributed by atoms with Crippen molar-refractivity contribution >= 4 is 5.78 Å². The van der Waals surface area contributed by atoms with Gasteiger partial charge in [0.25, 0.3) is 0 Å². The number of nitrogens with zero attached hydrogens (tertiary/aromatic N) is 3. The van der Waals surface area contributed by atoms with E-state index in [1.54, 1.807) is 0 Å². The number of rotatable bonds is 0. The van der Waals surface area contributed by atoms with Crippen molar-refractivity contribution in [3.05, 3.63) is 17.5 Å². The molecule has 1 fully saturated rings. The van der Waals surface area contributed by atoms with Crippen molar-refractivity contribution in [2.75, 3.05) is 0 Å². The summed E-state index contributed by atoms with van der Waals surface area (Å²) in [4.78, 5) is 11.9. The molecular formula is C16H23N3O. The molecule has 0 saturated heterocycles. The molecule has 0 amide bonds. The summed E-state index contributed by atoms with van der Waals surface area (Å²) < 4.78 is 1.86. The molecule has 3 atom stereocenters. The van der Waals surface area contributed by atoms with Crippen molar-refractivity contribution in [2.45, 2.75) is 51.9 Å². The van der Waals surface area contributed by atoms with Gasteiger partial charge in [-0.1, -0.05) is 20.8 Å². The topological polar surface area (TPSA) is 58.7 Å². The van der Waals surface area contributed by atoms with Crippen molar-refractivity contribution in [1.29, 1.82) is 5.26 Å². The highest BCUT2D eigenvalue weighted by Crippen LogP contribution is 2.49. The van der Waals surface area contributed by atoms with E-state index in [1.165, 1.54) is 5.56 Å². The Morgan fingerprint density at radius 3 is 2.85 bits per heavy atom. The molecule has 0 aliphatic heterocycles. The fraction of sp³-hybridized carbons (Fsp3) is 0.688. The molecule has 1 aromatic rings. The number of hydrogen-bond acceptors (Lipinski definition) is 3. The Kier molecular flexibility index (Phi) is 3.99. The molecule has 3 unspecified atom stereocenters. The number of nitriles is 1. The van der Waals surface area contributed by atoms with Crippen LogP contribution in [-0.4, -0.2) is 15.6 Å². The van der Waals surface area contributed by atoms with E-state index in [2.05, 4.69) is 24.3 Å². The number of fused-ring (bicyclic) bond motifs is 3. The predicted octanol–water partition coefficient (Wildman–Crippen LogP) is 2.77. The summed E-state index contributed by atoms with van der Waals surface area (Å²) in [5.41, 5.74) is 2.32. The zero-order chi connectivity index (χ0) is 14.9. The molecule has 20 heavy (non-hydrogen) atoms. The van der Waals surface area contributed by atoms with E-state index in [4.69, 9.17) is 5.26 Å². The van der Waals surface area contributed by atoms with Gasteiger partial charge in [0, 0.05) is 25.1 Å². The van der Waals surface area contributed by atoms with Crippen LogP contribution in [0.15, 0.2) is 6.20 Å². The second-order valence-electron chi connectivity index (χ2n) is 5.89. The summed E-state index contributed by atoms with van der Waals surface area (Å²) >= 11 is 0. The molecule has 0 spiro atoms. The highest BCUT2D eigenvalue weighted by Gasteiger charge is 2.49. The largest absolute Gasteiger partial charge is 0.298 e. The van der Waals surface area contributed by atoms with Crippen molar-refractivity contribution in [3.63, 3.8) is 0 Å². The van der Waals surface area contributed by atoms with Crippen LogP contribution in [-0.2, 0) is 23.7 Å². The van der Waals surface area contributed by atoms with E-state index in [0.29, 0.717) is 18.8 Å². The summed E-state index contributed by atoms with van der Waals surface area (Å²) in [5, 5.41) is 13.7. The molecule has 0 radical (unpaired) electrons. The van der Waals surface area contributed by atoms with Crippen LogP contribution in [0, 0.1) is 23.2 Å². The molecule has 4 nitrogen and oxygen atoms in total. The lowest BCUT2D eigenvalue weighted by molar-refractivity contribution is -0.126. The van der Waals surface area contributed by atoms with E-state index in [-0.39, 0.29) is 11.2 Å². The van der Waals surface area contributed by atoms with Gasteiger partial charge in [0.2, 0.25) is 0 Å². The minimum atomic E-state index is -0.445. The molecule has 0 aromatic carbocycles. The van der Waals surface area contributed by atoms with Crippen LogP contribution in [0.3, 0.4) is 0 Å². The number of ketones is 1. The van der Waals surface area contributed by atoms with E-state index >= 15 is 0 Å². The van der Waals surface area contributed by atoms with Crippen LogP contribution in [0.4, 0.5) is 0 Å². The molecule has 0 bridgehead atoms. The van der Waals surface area contributed by atoms with Gasteiger partial charge in [0.1, 0.15) is 11.7 Å². The minimum Gasteiger partial charge on any atom is -0.298 e. The smallest absolute Gasteiger partial charge is 0.150 e. The molecule has 4 heteroatoms. The van der Waals surface area contributed by atoms with Crippen molar-refractivity contribution in [3.8, 4) is 6.07 Å². The third kappa shape index (κ3) is 2.15. The summed E-state index contributed by atoms with van der Waals surface area (Å²) in [5.74, 6) is 0.0376. The lowest BCUT2D eigenvalue weighted by Crippen LogP contribution is -2.45. The highest BCUT2D eigenvalue weighted by molar-refractivity contribution is 5.85. The van der Waals surface area contributed by atoms with Gasteiger partial charge in [0.15, 0.2) is 0 Å². The second kappa shape index (κ2) is 5.40. The van der Waals surface area contributed by atoms with Gasteiger partial charge < -0.3 is 0 Å². The maximum Gasteiger partial charge on any atom is 0.150 e. The van der Waals surface area contributed by atoms with Gasteiger partial charge in [0.05, 0.1) is 11.8 Å². The van der Waals surface area contributed by atoms with Crippen LogP contribution in [0.5, 0.6) is 0 Å². The maximum atomic E-state index is 11.9. The second-order valence-corrected chi connectivity index (χ2v) is 5.89. The highest BCUT2D eigenvalue weighted by atomic mass is 16.1. The Balaban J connectivity index is 0.000000704. The molecule has 2 aliphatic rings. The Morgan fingerprint density at radius 2 is 2.20 bits per heavy atom. The van der Waals surface area contributed by atoms with Crippen LogP contribution in [0.25, 0.3) is 0 Å². The fourth-order valence-corrected chi connectivity index (χ4v) is 3.67. The number of hydrogen-bond donors (Lipinski definition) is 0. The molecule has 3 rings (SSSR count). The van der Waals surface area contributed by atoms with Crippen LogP contribution >= 0.6 is 0 Å². The van der Waals surface area contributed by atoms with Crippen molar-refractivity contribution < 1.29 is 4.79 Å². The molecule has 1 aromatic heterocycles. The Hall–Kier alpha value is -1.63. The number of aryl methyl sites for hydroxylation is 2. The van der Waals surface area contributed by atoms with Crippen LogP contribution < -0.4 is 0 Å². The van der Waals surface area contributed by atoms with E-state index in [1.807, 2.05) is 25.6 Å². The Morgan fingerprint density at radius 1 is 1.50 bits per heavy atom. The van der Waals surface area contributed by atoms with Gasteiger partial charge in [-0.25, -0.2) is 0 Å². The molecular weight excluding hydrogens is 250 g/mol. The molecule has 1 saturated carbocycles. The summed E-state index contributed by atoms with van der Waals surface area (Å²) in [6, 6.07) is 2.17. The molecule has 108 valence electrons. The van der Waals surface area contributed by atoms with Crippen molar-refractivity contribution in [2.24, 2.45) is 18.9 Å². The van der Waals surface area contributed by atoms with Crippen LogP contribution in [0.1, 0.15) is 51.3 Å². The van der Waals surface area contributed by atoms with Gasteiger partial charge >= 0.3 is 0 Å². The monoisotopic (exact) mass is 273 g/mol. The average Bonchev–Trinajstić information content (AvgIpc) is 2.83. The van der Waals surface area contributed by atoms with Gasteiger partial charge in [-0.15, -0.1) is 0 Å². The minimum absolute atomic E-state index is 0.0941. The molecule has 0 N–H and O–H groups in total. The molecule has 1 heterocycles. The first kappa shape index (κ1) is 14.8. The van der Waals surface area contributed by atoms with Crippen molar-refractivity contribution in [1.82, 2.24) is 9.78 Å². The standard InChI is InChI=1S/C14H17N3O.C2H6/c1-14-6-10(7-15)12(18)5-11(14)4-3-9-8-17(2)16-13(9)14;1-2/h8,10-11H,3-6H2,1-2H3;1-2H3. The number of carbonyl (C=O) groups is 1. The Labute approximate surface area is 120 Å². The lowest BCUT2D eigenvalue weighted by atomic mass is 9.58. The zero-order valence-corrected chi connectivity index (χ0v) is 12.8. The summed E-state index contributed by atoms with van der Waals surface area (Å²) in [6.45, 7) is 6.18. The van der Waals surface area contributed by atoms with Gasteiger partial charge in [-0.2, -0.15) is 10.4 Å². The normalized spacial score (nSPS) is 31.4. The first-order chi connectivity index (χ1) is 9.54. The van der Waals surface area contributed by atoms with E-state index in [9.17, 15) is 4.79 Å². The lowest BCUT2D eigenvalue weighted by Gasteiger charge is -2.44. The van der Waals surface area contributed by atoms with Crippen LogP contribution in [0.2, 0.25) is 0 Å². The summed E-state index contributed by atoms with van der Waals surface area (Å²) in [6.07, 6.45) is 5.31. The Bertz CT molecular complexity index is 555. The zero-order valence-electron chi connectivity index (χ0n) is 12.8. The average molecular weight is 273 g/mol. The first-order valence-corrected chi connectivity index (χ1v) is 7.50. The number of Topliss-reactive ketones (excluding diaryl/α,β-unsaturated/α-hetero) is 1. The maximum absolute atomic E-state index is 11.9. The van der Waals surface area contributed by atoms with Gasteiger partial charge in [-0.3, -0.25) is 9.48 Å². The quantitative estimate of drug-likeness (QED) is 0.730. The van der Waals surface area contributed by atoms with E-state index < -0.39 is 5.92 Å². The third-order valence-corrected chi connectivity index (χ3v) is 4.73. The summed E-state index contributed by atoms with van der Waals surface area (Å²) in [7, 11) is 1.94. The van der Waals surface area contributed by atoms with E-state index in [0.717, 1.165) is 18.5 Å². The number of carbonyl (C=O) groups excluding carboxylic acids is 1. The molecule has 2 aliphatic carbocycles.